The predicted octanol–water partition coefficient (Wildman–Crippen LogP) is 1.25. The van der Waals surface area contributed by atoms with Gasteiger partial charge >= 0.3 is 5.97 Å². The van der Waals surface area contributed by atoms with E-state index in [9.17, 15) is 4.79 Å². The second kappa shape index (κ2) is 5.98. The molecule has 0 aliphatic carbocycles. The van der Waals surface area contributed by atoms with Crippen LogP contribution in [0.25, 0.3) is 0 Å². The van der Waals surface area contributed by atoms with Gasteiger partial charge in [-0.3, -0.25) is 4.79 Å². The Morgan fingerprint density at radius 2 is 2.14 bits per heavy atom. The van der Waals surface area contributed by atoms with Crippen molar-refractivity contribution in [3.05, 3.63) is 0 Å². The van der Waals surface area contributed by atoms with Crippen LogP contribution in [0.1, 0.15) is 33.6 Å². The summed E-state index contributed by atoms with van der Waals surface area (Å²) in [7, 11) is 1.66. The molecule has 2 N–H and O–H groups in total. The van der Waals surface area contributed by atoms with Gasteiger partial charge in [-0.1, -0.05) is 0 Å². The van der Waals surface area contributed by atoms with Crippen molar-refractivity contribution in [3.8, 4) is 0 Å². The second-order valence-electron chi connectivity index (χ2n) is 3.91. The van der Waals surface area contributed by atoms with E-state index in [1.54, 1.807) is 14.0 Å². The zero-order valence-electron chi connectivity index (χ0n) is 9.46. The molecule has 0 aliphatic rings. The summed E-state index contributed by atoms with van der Waals surface area (Å²) in [5, 5.41) is 11.7. The fraction of sp³-hybridized carbons (Fsp3) is 0.900. The molecule has 84 valence electrons. The Hall–Kier alpha value is -0.610. The van der Waals surface area contributed by atoms with E-state index in [1.807, 2.05) is 13.8 Å². The Morgan fingerprint density at radius 1 is 1.57 bits per heavy atom. The molecule has 1 atom stereocenters. The van der Waals surface area contributed by atoms with E-state index in [0.717, 1.165) is 6.42 Å². The largest absolute Gasteiger partial charge is 0.480 e. The van der Waals surface area contributed by atoms with Crippen molar-refractivity contribution in [3.63, 3.8) is 0 Å². The van der Waals surface area contributed by atoms with Crippen molar-refractivity contribution < 1.29 is 14.6 Å². The van der Waals surface area contributed by atoms with Crippen LogP contribution in [-0.2, 0) is 9.53 Å². The van der Waals surface area contributed by atoms with E-state index in [4.69, 9.17) is 9.84 Å². The highest BCUT2D eigenvalue weighted by atomic mass is 16.5. The van der Waals surface area contributed by atoms with Gasteiger partial charge in [0.1, 0.15) is 5.54 Å². The monoisotopic (exact) mass is 203 g/mol. The van der Waals surface area contributed by atoms with E-state index in [-0.39, 0.29) is 6.10 Å². The minimum absolute atomic E-state index is 0.209. The first-order valence-electron chi connectivity index (χ1n) is 4.96. The number of carbonyl (C=O) groups is 1. The Kier molecular flexibility index (Phi) is 5.72. The minimum atomic E-state index is -0.833. The van der Waals surface area contributed by atoms with Crippen molar-refractivity contribution in [1.82, 2.24) is 5.32 Å². The van der Waals surface area contributed by atoms with Gasteiger partial charge in [0.25, 0.3) is 0 Å². The molecule has 0 spiro atoms. The third-order valence-corrected chi connectivity index (χ3v) is 2.30. The normalized spacial score (nSPS) is 15.5. The molecule has 0 amide bonds. The molecule has 0 rings (SSSR count). The maximum atomic E-state index is 10.9. The highest BCUT2D eigenvalue weighted by Gasteiger charge is 2.30. The molecule has 4 heteroatoms. The van der Waals surface area contributed by atoms with Gasteiger partial charge in [-0.15, -0.1) is 0 Å². The topological polar surface area (TPSA) is 58.6 Å². The Labute approximate surface area is 85.6 Å². The summed E-state index contributed by atoms with van der Waals surface area (Å²) >= 11 is 0. The summed E-state index contributed by atoms with van der Waals surface area (Å²) in [6.07, 6.45) is 1.54. The number of nitrogens with one attached hydrogen (secondary N) is 1. The second-order valence-corrected chi connectivity index (χ2v) is 3.91. The summed E-state index contributed by atoms with van der Waals surface area (Å²) in [6, 6.07) is 0. The molecule has 0 radical (unpaired) electrons. The summed E-state index contributed by atoms with van der Waals surface area (Å²) in [4.78, 5) is 10.9. The van der Waals surface area contributed by atoms with Crippen molar-refractivity contribution in [2.45, 2.75) is 45.3 Å². The number of rotatable bonds is 7. The lowest BCUT2D eigenvalue weighted by Gasteiger charge is -2.24. The zero-order chi connectivity index (χ0) is 11.2. The highest BCUT2D eigenvalue weighted by molar-refractivity contribution is 5.78. The third kappa shape index (κ3) is 4.58. The smallest absolute Gasteiger partial charge is 0.323 e. The molecule has 0 bridgehead atoms. The standard InChI is InChI=1S/C10H21NO3/c1-8(2)14-7-5-6-10(3,11-4)9(12)13/h8,11H,5-7H2,1-4H3,(H,12,13). The van der Waals surface area contributed by atoms with E-state index < -0.39 is 11.5 Å². The van der Waals surface area contributed by atoms with Crippen LogP contribution in [0.4, 0.5) is 0 Å². The lowest BCUT2D eigenvalue weighted by atomic mass is 9.96. The van der Waals surface area contributed by atoms with Crippen molar-refractivity contribution >= 4 is 5.97 Å². The lowest BCUT2D eigenvalue weighted by Crippen LogP contribution is -2.47. The van der Waals surface area contributed by atoms with E-state index in [2.05, 4.69) is 5.32 Å². The quantitative estimate of drug-likeness (QED) is 0.611. The van der Waals surface area contributed by atoms with Crippen molar-refractivity contribution in [1.29, 1.82) is 0 Å². The van der Waals surface area contributed by atoms with Gasteiger partial charge in [0.05, 0.1) is 6.10 Å². The van der Waals surface area contributed by atoms with Crippen LogP contribution in [-0.4, -0.2) is 36.4 Å². The average Bonchev–Trinajstić information content (AvgIpc) is 2.11. The van der Waals surface area contributed by atoms with E-state index >= 15 is 0 Å². The van der Waals surface area contributed by atoms with E-state index in [1.165, 1.54) is 0 Å². The molecular weight excluding hydrogens is 182 g/mol. The van der Waals surface area contributed by atoms with Crippen LogP contribution in [0.3, 0.4) is 0 Å². The number of hydrogen-bond donors (Lipinski definition) is 2. The number of hydrogen-bond acceptors (Lipinski definition) is 3. The van der Waals surface area contributed by atoms with Crippen LogP contribution in [0.2, 0.25) is 0 Å². The van der Waals surface area contributed by atoms with Crippen LogP contribution in [0.5, 0.6) is 0 Å². The molecule has 0 aromatic heterocycles. The maximum Gasteiger partial charge on any atom is 0.323 e. The number of carboxylic acid groups (broad SMARTS) is 1. The molecule has 4 nitrogen and oxygen atoms in total. The Morgan fingerprint density at radius 3 is 2.50 bits per heavy atom. The summed E-state index contributed by atoms with van der Waals surface area (Å²) in [5.41, 5.74) is -0.833. The van der Waals surface area contributed by atoms with Crippen molar-refractivity contribution in [2.75, 3.05) is 13.7 Å². The predicted molar refractivity (Wildman–Crippen MR) is 55.4 cm³/mol. The van der Waals surface area contributed by atoms with Crippen LogP contribution in [0, 0.1) is 0 Å². The molecule has 0 fully saturated rings. The molecule has 14 heavy (non-hydrogen) atoms. The fourth-order valence-corrected chi connectivity index (χ4v) is 1.08. The zero-order valence-corrected chi connectivity index (χ0v) is 9.46. The number of ether oxygens (including phenoxy) is 1. The summed E-state index contributed by atoms with van der Waals surface area (Å²) < 4.78 is 5.34. The molecule has 0 aromatic carbocycles. The molecule has 0 heterocycles. The SMILES string of the molecule is CNC(C)(CCCOC(C)C)C(=O)O. The molecule has 0 aliphatic heterocycles. The lowest BCUT2D eigenvalue weighted by molar-refractivity contribution is -0.144. The third-order valence-electron chi connectivity index (χ3n) is 2.30. The number of likely N-dealkylation sites (N-methyl/N-ethyl adjacent to an activating group) is 1. The number of carboxylic acids is 1. The van der Waals surface area contributed by atoms with Crippen molar-refractivity contribution in [2.24, 2.45) is 0 Å². The van der Waals surface area contributed by atoms with Crippen LogP contribution >= 0.6 is 0 Å². The summed E-state index contributed by atoms with van der Waals surface area (Å²) in [6.45, 7) is 6.23. The van der Waals surface area contributed by atoms with Crippen LogP contribution in [0.15, 0.2) is 0 Å². The van der Waals surface area contributed by atoms with Gasteiger partial charge in [0.2, 0.25) is 0 Å². The van der Waals surface area contributed by atoms with Gasteiger partial charge in [-0.2, -0.15) is 0 Å². The summed E-state index contributed by atoms with van der Waals surface area (Å²) in [5.74, 6) is -0.815. The Bertz CT molecular complexity index is 182. The first kappa shape index (κ1) is 13.4. The minimum Gasteiger partial charge on any atom is -0.480 e. The number of aliphatic carboxylic acids is 1. The van der Waals surface area contributed by atoms with E-state index in [0.29, 0.717) is 13.0 Å². The Balaban J connectivity index is 3.79. The molecule has 0 saturated carbocycles. The van der Waals surface area contributed by atoms with Gasteiger partial charge < -0.3 is 15.2 Å². The van der Waals surface area contributed by atoms with Gasteiger partial charge in [0.15, 0.2) is 0 Å². The average molecular weight is 203 g/mol. The molecular formula is C10H21NO3. The first-order chi connectivity index (χ1) is 6.42. The maximum absolute atomic E-state index is 10.9. The fourth-order valence-electron chi connectivity index (χ4n) is 1.08. The van der Waals surface area contributed by atoms with Gasteiger partial charge in [0, 0.05) is 6.61 Å². The van der Waals surface area contributed by atoms with Crippen LogP contribution < -0.4 is 5.32 Å². The molecule has 0 aromatic rings. The van der Waals surface area contributed by atoms with Gasteiger partial charge in [-0.05, 0) is 40.7 Å². The highest BCUT2D eigenvalue weighted by Crippen LogP contribution is 2.12. The molecule has 0 saturated heterocycles. The van der Waals surface area contributed by atoms with Gasteiger partial charge in [-0.25, -0.2) is 0 Å². The first-order valence-corrected chi connectivity index (χ1v) is 4.96. The molecule has 1 unspecified atom stereocenters.